The molecule has 3 nitrogen and oxygen atoms in total. The van der Waals surface area contributed by atoms with E-state index in [1.54, 1.807) is 12.1 Å². The summed E-state index contributed by atoms with van der Waals surface area (Å²) in [6.07, 6.45) is 0. The zero-order chi connectivity index (χ0) is 14.3. The molecule has 100 valence electrons. The maximum atomic E-state index is 13.5. The number of rotatable bonds is 2. The molecule has 0 aliphatic carbocycles. The van der Waals surface area contributed by atoms with Gasteiger partial charge in [-0.15, -0.1) is 0 Å². The molecule has 20 heavy (non-hydrogen) atoms. The minimum absolute atomic E-state index is 0.0589. The van der Waals surface area contributed by atoms with Crippen molar-refractivity contribution in [1.82, 2.24) is 0 Å². The molecule has 0 saturated heterocycles. The Bertz CT molecular complexity index is 821. The second kappa shape index (κ2) is 4.45. The first kappa shape index (κ1) is 12.3. The number of para-hydroxylation sites is 1. The van der Waals surface area contributed by atoms with Gasteiger partial charge in [-0.1, -0.05) is 12.1 Å². The van der Waals surface area contributed by atoms with Gasteiger partial charge in [0.05, 0.1) is 5.56 Å². The highest BCUT2D eigenvalue weighted by Gasteiger charge is 2.13. The molecular weight excluding hydrogens is 266 g/mol. The molecule has 0 bridgehead atoms. The lowest BCUT2D eigenvalue weighted by molar-refractivity contribution is 0.0696. The van der Waals surface area contributed by atoms with Gasteiger partial charge in [-0.3, -0.25) is 0 Å². The minimum atomic E-state index is -1.24. The first-order valence-electron chi connectivity index (χ1n) is 5.77. The summed E-state index contributed by atoms with van der Waals surface area (Å²) in [5.41, 5.74) is 0.113. The summed E-state index contributed by atoms with van der Waals surface area (Å²) in [6.45, 7) is 0. The number of carbonyl (C=O) groups is 1. The number of fused-ring (bicyclic) bond motifs is 1. The van der Waals surface area contributed by atoms with E-state index in [0.29, 0.717) is 5.39 Å². The van der Waals surface area contributed by atoms with Crippen LogP contribution >= 0.6 is 0 Å². The van der Waals surface area contributed by atoms with E-state index in [1.807, 2.05) is 0 Å². The molecule has 2 aromatic carbocycles. The van der Waals surface area contributed by atoms with Crippen LogP contribution in [-0.4, -0.2) is 11.1 Å². The topological polar surface area (TPSA) is 50.4 Å². The van der Waals surface area contributed by atoms with Gasteiger partial charge in [0.2, 0.25) is 0 Å². The van der Waals surface area contributed by atoms with Crippen LogP contribution in [0.5, 0.6) is 0 Å². The number of benzene rings is 2. The summed E-state index contributed by atoms with van der Waals surface area (Å²) in [4.78, 5) is 10.9. The number of hydrogen-bond donors (Lipinski definition) is 1. The van der Waals surface area contributed by atoms with E-state index in [4.69, 9.17) is 9.52 Å². The lowest BCUT2D eigenvalue weighted by Crippen LogP contribution is -1.97. The Balaban J connectivity index is 2.20. The Morgan fingerprint density at radius 1 is 1.10 bits per heavy atom. The number of hydrogen-bond acceptors (Lipinski definition) is 2. The van der Waals surface area contributed by atoms with Gasteiger partial charge in [0, 0.05) is 10.9 Å². The molecule has 0 spiro atoms. The van der Waals surface area contributed by atoms with Gasteiger partial charge in [0.15, 0.2) is 11.4 Å². The zero-order valence-electron chi connectivity index (χ0n) is 10.1. The van der Waals surface area contributed by atoms with E-state index in [-0.39, 0.29) is 22.5 Å². The zero-order valence-corrected chi connectivity index (χ0v) is 10.1. The van der Waals surface area contributed by atoms with Crippen LogP contribution in [0, 0.1) is 11.6 Å². The van der Waals surface area contributed by atoms with Gasteiger partial charge < -0.3 is 9.52 Å². The van der Waals surface area contributed by atoms with Crippen molar-refractivity contribution in [3.63, 3.8) is 0 Å². The third-order valence-corrected chi connectivity index (χ3v) is 2.93. The molecule has 0 radical (unpaired) electrons. The summed E-state index contributed by atoms with van der Waals surface area (Å²) >= 11 is 0. The van der Waals surface area contributed by atoms with Gasteiger partial charge in [-0.05, 0) is 30.3 Å². The molecule has 0 saturated carbocycles. The molecule has 0 atom stereocenters. The molecule has 5 heteroatoms. The normalized spacial score (nSPS) is 10.9. The van der Waals surface area contributed by atoms with Gasteiger partial charge in [-0.2, -0.15) is 0 Å². The Morgan fingerprint density at radius 3 is 2.60 bits per heavy atom. The summed E-state index contributed by atoms with van der Waals surface area (Å²) in [7, 11) is 0. The molecule has 0 unspecified atom stereocenters. The summed E-state index contributed by atoms with van der Waals surface area (Å²) < 4.78 is 32.3. The maximum absolute atomic E-state index is 13.5. The Labute approximate surface area is 112 Å². The Kier molecular flexibility index (Phi) is 2.75. The monoisotopic (exact) mass is 274 g/mol. The van der Waals surface area contributed by atoms with Crippen molar-refractivity contribution < 1.29 is 23.1 Å². The smallest absolute Gasteiger partial charge is 0.335 e. The molecule has 3 rings (SSSR count). The third kappa shape index (κ3) is 2.03. The van der Waals surface area contributed by atoms with E-state index in [9.17, 15) is 13.6 Å². The quantitative estimate of drug-likeness (QED) is 0.766. The highest BCUT2D eigenvalue weighted by molar-refractivity contribution is 5.90. The van der Waals surface area contributed by atoms with Crippen molar-refractivity contribution >= 4 is 16.9 Å². The van der Waals surface area contributed by atoms with Gasteiger partial charge in [-0.25, -0.2) is 13.6 Å². The van der Waals surface area contributed by atoms with E-state index in [0.717, 1.165) is 12.1 Å². The molecule has 0 aliphatic rings. The Hall–Kier alpha value is -2.69. The fourth-order valence-electron chi connectivity index (χ4n) is 2.03. The van der Waals surface area contributed by atoms with Crippen molar-refractivity contribution in [1.29, 1.82) is 0 Å². The van der Waals surface area contributed by atoms with E-state index in [2.05, 4.69) is 0 Å². The highest BCUT2D eigenvalue weighted by Crippen LogP contribution is 2.30. The number of halogens is 2. The standard InChI is InChI=1S/C15H8F2O3/c16-11-5-9(4-10(6-11)15(18)19)13-7-8-2-1-3-12(17)14(8)20-13/h1-7H,(H,18,19). The van der Waals surface area contributed by atoms with Crippen molar-refractivity contribution in [2.24, 2.45) is 0 Å². The SMILES string of the molecule is O=C(O)c1cc(F)cc(-c2cc3cccc(F)c3o2)c1. The van der Waals surface area contributed by atoms with Crippen LogP contribution in [0.15, 0.2) is 46.9 Å². The molecule has 0 aliphatic heterocycles. The molecule has 3 aromatic rings. The predicted molar refractivity (Wildman–Crippen MR) is 68.5 cm³/mol. The number of carboxylic acid groups (broad SMARTS) is 1. The van der Waals surface area contributed by atoms with E-state index >= 15 is 0 Å². The molecule has 0 amide bonds. The second-order valence-corrected chi connectivity index (χ2v) is 4.30. The second-order valence-electron chi connectivity index (χ2n) is 4.30. The Morgan fingerprint density at radius 2 is 1.90 bits per heavy atom. The van der Waals surface area contributed by atoms with Crippen LogP contribution in [0.1, 0.15) is 10.4 Å². The number of aromatic carboxylic acids is 1. The summed E-state index contributed by atoms with van der Waals surface area (Å²) in [5, 5.41) is 9.44. The van der Waals surface area contributed by atoms with Crippen LogP contribution in [0.3, 0.4) is 0 Å². The number of furan rings is 1. The molecular formula is C15H8F2O3. The lowest BCUT2D eigenvalue weighted by Gasteiger charge is -2.00. The molecule has 1 N–H and O–H groups in total. The van der Waals surface area contributed by atoms with Gasteiger partial charge >= 0.3 is 5.97 Å². The highest BCUT2D eigenvalue weighted by atomic mass is 19.1. The van der Waals surface area contributed by atoms with Gasteiger partial charge in [0.25, 0.3) is 0 Å². The third-order valence-electron chi connectivity index (χ3n) is 2.93. The van der Waals surface area contributed by atoms with Crippen molar-refractivity contribution in [3.8, 4) is 11.3 Å². The van der Waals surface area contributed by atoms with Crippen molar-refractivity contribution in [2.45, 2.75) is 0 Å². The van der Waals surface area contributed by atoms with Gasteiger partial charge in [0.1, 0.15) is 11.6 Å². The van der Waals surface area contributed by atoms with Crippen LogP contribution in [0.2, 0.25) is 0 Å². The van der Waals surface area contributed by atoms with Crippen LogP contribution in [0.4, 0.5) is 8.78 Å². The molecule has 1 aromatic heterocycles. The van der Waals surface area contributed by atoms with Crippen molar-refractivity contribution in [3.05, 3.63) is 59.7 Å². The minimum Gasteiger partial charge on any atom is -0.478 e. The van der Waals surface area contributed by atoms with E-state index in [1.165, 1.54) is 18.2 Å². The first-order chi connectivity index (χ1) is 9.54. The number of carboxylic acids is 1. The summed E-state index contributed by atoms with van der Waals surface area (Å²) in [5.74, 6) is -2.25. The van der Waals surface area contributed by atoms with Crippen molar-refractivity contribution in [2.75, 3.05) is 0 Å². The average molecular weight is 274 g/mol. The molecule has 0 fully saturated rings. The van der Waals surface area contributed by atoms with Crippen LogP contribution < -0.4 is 0 Å². The average Bonchev–Trinajstić information content (AvgIpc) is 2.83. The maximum Gasteiger partial charge on any atom is 0.335 e. The molecule has 1 heterocycles. The van der Waals surface area contributed by atoms with Crippen LogP contribution in [-0.2, 0) is 0 Å². The predicted octanol–water partition coefficient (Wildman–Crippen LogP) is 4.08. The van der Waals surface area contributed by atoms with E-state index < -0.39 is 17.6 Å². The largest absolute Gasteiger partial charge is 0.478 e. The summed E-state index contributed by atoms with van der Waals surface area (Å²) in [6, 6.07) is 9.31. The first-order valence-corrected chi connectivity index (χ1v) is 5.77. The fourth-order valence-corrected chi connectivity index (χ4v) is 2.03. The lowest BCUT2D eigenvalue weighted by atomic mass is 10.1. The van der Waals surface area contributed by atoms with Crippen LogP contribution in [0.25, 0.3) is 22.3 Å². The fraction of sp³-hybridized carbons (Fsp3) is 0.